The van der Waals surface area contributed by atoms with Gasteiger partial charge < -0.3 is 6.16 Å². The van der Waals surface area contributed by atoms with Crippen LogP contribution in [0.1, 0.15) is 73.6 Å². The standard InChI is InChI=1S/C25H35O2P.Li.H/c1-7-9-10-21(8-2)16-27-22-11-13-23(14-12-22)28-25(26)24-18(4)15-17(3)19(5)20(24)6;;/h11-15,21,28H,7-10,16H2,1-6H3;;/q;+1;-1. The molecule has 0 fully saturated rings. The van der Waals surface area contributed by atoms with Crippen molar-refractivity contribution in [1.82, 2.24) is 0 Å². The van der Waals surface area contributed by atoms with Crippen LogP contribution in [0.4, 0.5) is 0 Å². The topological polar surface area (TPSA) is 26.3 Å². The predicted molar refractivity (Wildman–Crippen MR) is 124 cm³/mol. The molecule has 0 saturated heterocycles. The van der Waals surface area contributed by atoms with Crippen molar-refractivity contribution in [2.45, 2.75) is 67.2 Å². The summed E-state index contributed by atoms with van der Waals surface area (Å²) in [4.78, 5) is 12.9. The van der Waals surface area contributed by atoms with E-state index in [2.05, 4.69) is 40.7 Å². The second kappa shape index (κ2) is 12.6. The first kappa shape index (κ1) is 26.0. The summed E-state index contributed by atoms with van der Waals surface area (Å²) in [5, 5.41) is 1.06. The average Bonchev–Trinajstić information content (AvgIpc) is 2.67. The predicted octanol–water partition coefficient (Wildman–Crippen LogP) is 3.78. The molecule has 0 aliphatic rings. The van der Waals surface area contributed by atoms with E-state index in [0.29, 0.717) is 5.92 Å². The number of unbranched alkanes of at least 4 members (excludes halogenated alkanes) is 1. The quantitative estimate of drug-likeness (QED) is 0.444. The van der Waals surface area contributed by atoms with Gasteiger partial charge in [0, 0.05) is 5.56 Å². The van der Waals surface area contributed by atoms with Crippen LogP contribution < -0.4 is 28.9 Å². The molecule has 0 N–H and O–H groups in total. The molecule has 0 aliphatic carbocycles. The Morgan fingerprint density at radius 2 is 1.69 bits per heavy atom. The summed E-state index contributed by atoms with van der Waals surface area (Å²) in [6, 6.07) is 10.2. The molecular formula is C25H36LiO2P. The summed E-state index contributed by atoms with van der Waals surface area (Å²) in [7, 11) is 0.141. The Bertz CT molecular complexity index is 806. The molecule has 154 valence electrons. The zero-order valence-electron chi connectivity index (χ0n) is 20.3. The number of hydrogen-bond acceptors (Lipinski definition) is 2. The first-order valence-electron chi connectivity index (χ1n) is 10.5. The molecule has 29 heavy (non-hydrogen) atoms. The van der Waals surface area contributed by atoms with Gasteiger partial charge in [-0.05, 0) is 88.3 Å². The molecule has 0 aromatic heterocycles. The third kappa shape index (κ3) is 7.29. The smallest absolute Gasteiger partial charge is 1.00 e. The van der Waals surface area contributed by atoms with Gasteiger partial charge in [-0.3, -0.25) is 4.79 Å². The minimum atomic E-state index is 0. The van der Waals surface area contributed by atoms with Crippen molar-refractivity contribution in [3.63, 3.8) is 0 Å². The maximum absolute atomic E-state index is 12.9. The summed E-state index contributed by atoms with van der Waals surface area (Å²) in [6.07, 6.45) is 4.89. The summed E-state index contributed by atoms with van der Waals surface area (Å²) in [5.41, 5.74) is 5.78. The molecule has 2 unspecified atom stereocenters. The number of rotatable bonds is 10. The van der Waals surface area contributed by atoms with E-state index < -0.39 is 0 Å². The van der Waals surface area contributed by atoms with Crippen molar-refractivity contribution in [2.75, 3.05) is 6.61 Å². The van der Waals surface area contributed by atoms with Crippen LogP contribution in [0.2, 0.25) is 0 Å². The number of carbonyl (C=O) groups excluding carboxylic acids is 1. The first-order chi connectivity index (χ1) is 13.4. The van der Waals surface area contributed by atoms with Gasteiger partial charge in [-0.25, -0.2) is 0 Å². The molecule has 0 heterocycles. The SMILES string of the molecule is CCCCC(CC)COc1ccc(PC(=O)c2c(C)cc(C)c(C)c2C)cc1.[H-].[Li+]. The third-order valence-electron chi connectivity index (χ3n) is 5.72. The van der Waals surface area contributed by atoms with Crippen molar-refractivity contribution in [3.8, 4) is 5.75 Å². The van der Waals surface area contributed by atoms with Crippen LogP contribution in [-0.4, -0.2) is 12.1 Å². The van der Waals surface area contributed by atoms with Crippen LogP contribution in [0.3, 0.4) is 0 Å². The minimum Gasteiger partial charge on any atom is -1.00 e. The summed E-state index contributed by atoms with van der Waals surface area (Å²) in [5.74, 6) is 1.52. The fraction of sp³-hybridized carbons (Fsp3) is 0.480. The molecule has 0 radical (unpaired) electrons. The van der Waals surface area contributed by atoms with Crippen molar-refractivity contribution < 1.29 is 29.8 Å². The van der Waals surface area contributed by atoms with Gasteiger partial charge in [-0.2, -0.15) is 0 Å². The van der Waals surface area contributed by atoms with Crippen molar-refractivity contribution >= 4 is 19.4 Å². The molecule has 2 rings (SSSR count). The average molecular weight is 406 g/mol. The fourth-order valence-electron chi connectivity index (χ4n) is 3.57. The molecule has 2 atom stereocenters. The van der Waals surface area contributed by atoms with Gasteiger partial charge in [0.15, 0.2) is 5.52 Å². The van der Waals surface area contributed by atoms with Gasteiger partial charge in [0.05, 0.1) is 6.61 Å². The maximum Gasteiger partial charge on any atom is 1.00 e. The fourth-order valence-corrected chi connectivity index (χ4v) is 4.68. The summed E-state index contributed by atoms with van der Waals surface area (Å²) < 4.78 is 5.99. The Kier molecular flexibility index (Phi) is 11.3. The van der Waals surface area contributed by atoms with Gasteiger partial charge in [0.2, 0.25) is 0 Å². The Morgan fingerprint density at radius 3 is 2.28 bits per heavy atom. The van der Waals surface area contributed by atoms with E-state index in [1.54, 1.807) is 0 Å². The number of aryl methyl sites for hydroxylation is 2. The Balaban J connectivity index is 0.00000420. The monoisotopic (exact) mass is 406 g/mol. The van der Waals surface area contributed by atoms with Crippen LogP contribution in [0.15, 0.2) is 30.3 Å². The zero-order valence-corrected chi connectivity index (χ0v) is 20.3. The zero-order chi connectivity index (χ0) is 20.7. The number of ether oxygens (including phenoxy) is 1. The molecule has 0 bridgehead atoms. The maximum atomic E-state index is 12.9. The Labute approximate surface area is 192 Å². The largest absolute Gasteiger partial charge is 1.00 e. The van der Waals surface area contributed by atoms with E-state index >= 15 is 0 Å². The van der Waals surface area contributed by atoms with Gasteiger partial charge >= 0.3 is 18.9 Å². The molecule has 2 nitrogen and oxygen atoms in total. The molecule has 4 heteroatoms. The minimum absolute atomic E-state index is 0. The van der Waals surface area contributed by atoms with E-state index in [9.17, 15) is 4.79 Å². The number of hydrogen-bond donors (Lipinski definition) is 0. The van der Waals surface area contributed by atoms with Crippen molar-refractivity contribution in [3.05, 3.63) is 58.1 Å². The van der Waals surface area contributed by atoms with Crippen molar-refractivity contribution in [2.24, 2.45) is 5.92 Å². The van der Waals surface area contributed by atoms with E-state index in [1.165, 1.54) is 30.4 Å². The van der Waals surface area contributed by atoms with Crippen LogP contribution in [0.25, 0.3) is 0 Å². The van der Waals surface area contributed by atoms with Gasteiger partial charge in [0.25, 0.3) is 0 Å². The molecule has 0 spiro atoms. The molecule has 2 aromatic rings. The van der Waals surface area contributed by atoms with Gasteiger partial charge in [-0.1, -0.05) is 51.3 Å². The van der Waals surface area contributed by atoms with Gasteiger partial charge in [-0.15, -0.1) is 0 Å². The number of carbonyl (C=O) groups is 1. The molecule has 0 amide bonds. The second-order valence-corrected chi connectivity index (χ2v) is 9.12. The third-order valence-corrected chi connectivity index (χ3v) is 6.82. The van der Waals surface area contributed by atoms with Crippen LogP contribution in [0, 0.1) is 33.6 Å². The van der Waals surface area contributed by atoms with E-state index in [-0.39, 0.29) is 34.4 Å². The normalized spacial score (nSPS) is 12.1. The second-order valence-electron chi connectivity index (χ2n) is 7.84. The summed E-state index contributed by atoms with van der Waals surface area (Å²) in [6.45, 7) is 13.5. The molecule has 2 aromatic carbocycles. The van der Waals surface area contributed by atoms with Crippen LogP contribution >= 0.6 is 8.58 Å². The van der Waals surface area contributed by atoms with Crippen LogP contribution in [0.5, 0.6) is 5.75 Å². The van der Waals surface area contributed by atoms with Gasteiger partial charge in [0.1, 0.15) is 5.75 Å². The summed E-state index contributed by atoms with van der Waals surface area (Å²) >= 11 is 0. The molecule has 0 saturated carbocycles. The molecule has 0 aliphatic heterocycles. The number of benzene rings is 2. The van der Waals surface area contributed by atoms with E-state index in [4.69, 9.17) is 4.74 Å². The Hall–Kier alpha value is -1.06. The molecular weight excluding hydrogens is 370 g/mol. The van der Waals surface area contributed by atoms with Crippen LogP contribution in [-0.2, 0) is 0 Å². The van der Waals surface area contributed by atoms with Crippen molar-refractivity contribution in [1.29, 1.82) is 0 Å². The van der Waals surface area contributed by atoms with E-state index in [1.807, 2.05) is 31.2 Å². The first-order valence-corrected chi connectivity index (χ1v) is 11.5. The Morgan fingerprint density at radius 1 is 1.03 bits per heavy atom. The van der Waals surface area contributed by atoms with E-state index in [0.717, 1.165) is 40.8 Å².